The van der Waals surface area contributed by atoms with Crippen molar-refractivity contribution in [2.75, 3.05) is 0 Å². The standard InChI is InChI=1S/C8H10O4.C5H6O4/c9-7(10)5-3-1-2-4-6(5)8(11)12;6-4(7)2-1-3-5(8)9/h1-4H2,(H,9,10)(H,11,12);1-2H,3H2,(H,6,7)(H,8,9). The molecule has 8 nitrogen and oxygen atoms in total. The van der Waals surface area contributed by atoms with Gasteiger partial charge in [0, 0.05) is 17.2 Å². The van der Waals surface area contributed by atoms with Crippen molar-refractivity contribution in [3.05, 3.63) is 23.3 Å². The summed E-state index contributed by atoms with van der Waals surface area (Å²) in [4.78, 5) is 40.5. The van der Waals surface area contributed by atoms with Crippen molar-refractivity contribution in [3.8, 4) is 0 Å². The number of hydrogen-bond acceptors (Lipinski definition) is 4. The second-order valence-corrected chi connectivity index (χ2v) is 4.11. The normalized spacial score (nSPS) is 14.3. The van der Waals surface area contributed by atoms with Crippen LogP contribution in [0.1, 0.15) is 32.1 Å². The van der Waals surface area contributed by atoms with Crippen molar-refractivity contribution in [2.24, 2.45) is 0 Å². The van der Waals surface area contributed by atoms with Gasteiger partial charge in [0.25, 0.3) is 0 Å². The van der Waals surface area contributed by atoms with Gasteiger partial charge in [0.2, 0.25) is 0 Å². The van der Waals surface area contributed by atoms with Crippen LogP contribution in [0.4, 0.5) is 0 Å². The maximum Gasteiger partial charge on any atom is 0.332 e. The molecule has 1 rings (SSSR count). The molecule has 0 unspecified atom stereocenters. The lowest BCUT2D eigenvalue weighted by atomic mass is 9.92. The number of carboxylic acid groups (broad SMARTS) is 4. The van der Waals surface area contributed by atoms with E-state index in [9.17, 15) is 19.2 Å². The van der Waals surface area contributed by atoms with Gasteiger partial charge in [-0.15, -0.1) is 0 Å². The molecule has 116 valence electrons. The van der Waals surface area contributed by atoms with Crippen LogP contribution >= 0.6 is 0 Å². The van der Waals surface area contributed by atoms with Crippen LogP contribution in [0.3, 0.4) is 0 Å². The van der Waals surface area contributed by atoms with Crippen molar-refractivity contribution in [3.63, 3.8) is 0 Å². The Morgan fingerprint density at radius 1 is 0.857 bits per heavy atom. The first kappa shape index (κ1) is 18.4. The van der Waals surface area contributed by atoms with Crippen molar-refractivity contribution in [1.82, 2.24) is 0 Å². The highest BCUT2D eigenvalue weighted by Crippen LogP contribution is 2.24. The van der Waals surface area contributed by atoms with E-state index in [4.69, 9.17) is 20.4 Å². The van der Waals surface area contributed by atoms with E-state index in [2.05, 4.69) is 0 Å². The van der Waals surface area contributed by atoms with Gasteiger partial charge in [0.1, 0.15) is 0 Å². The number of rotatable bonds is 5. The lowest BCUT2D eigenvalue weighted by Crippen LogP contribution is -2.14. The molecule has 0 atom stereocenters. The highest BCUT2D eigenvalue weighted by Gasteiger charge is 2.22. The first-order chi connectivity index (χ1) is 9.75. The topological polar surface area (TPSA) is 149 Å². The Bertz CT molecular complexity index is 460. The van der Waals surface area contributed by atoms with Gasteiger partial charge in [0.05, 0.1) is 6.42 Å². The molecule has 0 saturated heterocycles. The molecule has 4 N–H and O–H groups in total. The van der Waals surface area contributed by atoms with E-state index in [1.54, 1.807) is 0 Å². The molecule has 0 aromatic heterocycles. The zero-order valence-corrected chi connectivity index (χ0v) is 11.1. The van der Waals surface area contributed by atoms with Crippen molar-refractivity contribution >= 4 is 23.9 Å². The zero-order valence-electron chi connectivity index (χ0n) is 11.1. The molecule has 1 aliphatic carbocycles. The van der Waals surface area contributed by atoms with Gasteiger partial charge in [-0.05, 0) is 25.7 Å². The maximum absolute atomic E-state index is 10.5. The largest absolute Gasteiger partial charge is 0.481 e. The molecule has 0 aromatic carbocycles. The second-order valence-electron chi connectivity index (χ2n) is 4.11. The molecule has 0 heterocycles. The summed E-state index contributed by atoms with van der Waals surface area (Å²) >= 11 is 0. The third-order valence-corrected chi connectivity index (χ3v) is 2.54. The number of carboxylic acids is 4. The van der Waals surface area contributed by atoms with E-state index in [0.717, 1.165) is 25.0 Å². The van der Waals surface area contributed by atoms with Crippen LogP contribution in [0.5, 0.6) is 0 Å². The molecular formula is C13H16O8. The van der Waals surface area contributed by atoms with Gasteiger partial charge in [-0.2, -0.15) is 0 Å². The molecule has 0 aliphatic heterocycles. The summed E-state index contributed by atoms with van der Waals surface area (Å²) in [5.74, 6) is -4.34. The highest BCUT2D eigenvalue weighted by molar-refractivity contribution is 5.99. The molecular weight excluding hydrogens is 284 g/mol. The quantitative estimate of drug-likeness (QED) is 0.552. The minimum absolute atomic E-state index is 0.0775. The average molecular weight is 300 g/mol. The summed E-state index contributed by atoms with van der Waals surface area (Å²) in [6.45, 7) is 0. The minimum Gasteiger partial charge on any atom is -0.481 e. The summed E-state index contributed by atoms with van der Waals surface area (Å²) in [5, 5.41) is 33.2. The molecule has 1 aliphatic rings. The van der Waals surface area contributed by atoms with Gasteiger partial charge in [-0.3, -0.25) is 4.79 Å². The fraction of sp³-hybridized carbons (Fsp3) is 0.385. The molecule has 0 aromatic rings. The molecule has 0 spiro atoms. The first-order valence-electron chi connectivity index (χ1n) is 6.05. The van der Waals surface area contributed by atoms with Crippen molar-refractivity contribution in [2.45, 2.75) is 32.1 Å². The lowest BCUT2D eigenvalue weighted by Gasteiger charge is -2.13. The van der Waals surface area contributed by atoms with E-state index in [-0.39, 0.29) is 17.6 Å². The van der Waals surface area contributed by atoms with Gasteiger partial charge in [0.15, 0.2) is 0 Å². The molecule has 0 saturated carbocycles. The van der Waals surface area contributed by atoms with Gasteiger partial charge >= 0.3 is 23.9 Å². The van der Waals surface area contributed by atoms with Gasteiger partial charge < -0.3 is 20.4 Å². The van der Waals surface area contributed by atoms with Gasteiger partial charge in [-0.1, -0.05) is 6.08 Å². The van der Waals surface area contributed by atoms with E-state index in [0.29, 0.717) is 12.8 Å². The Labute approximate surface area is 120 Å². The second kappa shape index (κ2) is 9.29. The van der Waals surface area contributed by atoms with Crippen molar-refractivity contribution < 1.29 is 39.6 Å². The summed E-state index contributed by atoms with van der Waals surface area (Å²) in [6.07, 6.45) is 3.95. The Kier molecular flexibility index (Phi) is 8.13. The summed E-state index contributed by atoms with van der Waals surface area (Å²) in [5.41, 5.74) is 0.155. The van der Waals surface area contributed by atoms with E-state index in [1.807, 2.05) is 0 Å². The van der Waals surface area contributed by atoms with Crippen LogP contribution in [-0.4, -0.2) is 44.3 Å². The van der Waals surface area contributed by atoms with E-state index >= 15 is 0 Å². The smallest absolute Gasteiger partial charge is 0.332 e. The fourth-order valence-corrected chi connectivity index (χ4v) is 1.64. The monoisotopic (exact) mass is 300 g/mol. The van der Waals surface area contributed by atoms with Crippen LogP contribution in [-0.2, 0) is 19.2 Å². The van der Waals surface area contributed by atoms with Crippen LogP contribution in [0.25, 0.3) is 0 Å². The van der Waals surface area contributed by atoms with Crippen LogP contribution in [0.15, 0.2) is 23.3 Å². The Balaban J connectivity index is 0.000000400. The predicted octanol–water partition coefficient (Wildman–Crippen LogP) is 1.13. The Morgan fingerprint density at radius 2 is 1.29 bits per heavy atom. The molecule has 0 radical (unpaired) electrons. The SMILES string of the molecule is O=C(O)C1=C(C(=O)O)CCCC1.O=C(O)C=CCC(=O)O. The summed E-state index contributed by atoms with van der Waals surface area (Å²) in [7, 11) is 0. The fourth-order valence-electron chi connectivity index (χ4n) is 1.64. The van der Waals surface area contributed by atoms with Crippen LogP contribution < -0.4 is 0 Å². The predicted molar refractivity (Wildman–Crippen MR) is 69.8 cm³/mol. The highest BCUT2D eigenvalue weighted by atomic mass is 16.4. The number of hydrogen-bond donors (Lipinski definition) is 4. The van der Waals surface area contributed by atoms with E-state index in [1.165, 1.54) is 0 Å². The average Bonchev–Trinajstić information content (AvgIpc) is 2.38. The molecule has 0 bridgehead atoms. The van der Waals surface area contributed by atoms with Crippen molar-refractivity contribution in [1.29, 1.82) is 0 Å². The Morgan fingerprint density at radius 3 is 1.57 bits per heavy atom. The lowest BCUT2D eigenvalue weighted by molar-refractivity contribution is -0.136. The third-order valence-electron chi connectivity index (χ3n) is 2.54. The summed E-state index contributed by atoms with van der Waals surface area (Å²) < 4.78 is 0. The molecule has 21 heavy (non-hydrogen) atoms. The Hall–Kier alpha value is -2.64. The zero-order chi connectivity index (χ0) is 16.4. The minimum atomic E-state index is -1.13. The molecule has 0 amide bonds. The number of carbonyl (C=O) groups is 4. The first-order valence-corrected chi connectivity index (χ1v) is 6.05. The summed E-state index contributed by atoms with van der Waals surface area (Å²) in [6, 6.07) is 0. The van der Waals surface area contributed by atoms with Crippen LogP contribution in [0, 0.1) is 0 Å². The molecule has 0 fully saturated rings. The van der Waals surface area contributed by atoms with Crippen LogP contribution in [0.2, 0.25) is 0 Å². The third kappa shape index (κ3) is 8.19. The van der Waals surface area contributed by atoms with Gasteiger partial charge in [-0.25, -0.2) is 14.4 Å². The van der Waals surface area contributed by atoms with E-state index < -0.39 is 23.9 Å². The molecule has 8 heteroatoms. The maximum atomic E-state index is 10.5. The number of aliphatic carboxylic acids is 4.